The van der Waals surface area contributed by atoms with Gasteiger partial charge in [-0.2, -0.15) is 5.26 Å². The molecule has 0 aliphatic heterocycles. The van der Waals surface area contributed by atoms with Gasteiger partial charge in [0.25, 0.3) is 5.91 Å². The van der Waals surface area contributed by atoms with Crippen molar-refractivity contribution in [3.8, 4) is 11.8 Å². The quantitative estimate of drug-likeness (QED) is 0.859. The maximum Gasteiger partial charge on any atom is 0.269 e. The molecule has 23 heavy (non-hydrogen) atoms. The lowest BCUT2D eigenvalue weighted by Gasteiger charge is -2.14. The van der Waals surface area contributed by atoms with Gasteiger partial charge < -0.3 is 14.8 Å². The van der Waals surface area contributed by atoms with Gasteiger partial charge in [-0.05, 0) is 37.1 Å². The molecule has 5 heteroatoms. The number of nitriles is 1. The summed E-state index contributed by atoms with van der Waals surface area (Å²) in [6.45, 7) is 5.41. The summed E-state index contributed by atoms with van der Waals surface area (Å²) in [7, 11) is 4.07. The summed E-state index contributed by atoms with van der Waals surface area (Å²) in [5.41, 5.74) is 3.88. The molecule has 0 bridgehead atoms. The molecule has 0 spiro atoms. The predicted molar refractivity (Wildman–Crippen MR) is 90.0 cm³/mol. The number of nitrogens with zero attached hydrogens (tertiary/aromatic N) is 2. The van der Waals surface area contributed by atoms with Crippen LogP contribution in [0.15, 0.2) is 30.5 Å². The van der Waals surface area contributed by atoms with Crippen LogP contribution in [-0.2, 0) is 0 Å². The summed E-state index contributed by atoms with van der Waals surface area (Å²) < 4.78 is 1.80. The van der Waals surface area contributed by atoms with Crippen molar-refractivity contribution in [2.45, 2.75) is 13.8 Å². The molecule has 0 saturated carbocycles. The van der Waals surface area contributed by atoms with Crippen LogP contribution in [-0.4, -0.2) is 37.7 Å². The second kappa shape index (κ2) is 7.12. The molecular formula is C18H23N4O+. The molecule has 5 nitrogen and oxygen atoms in total. The summed E-state index contributed by atoms with van der Waals surface area (Å²) in [4.78, 5) is 13.8. The van der Waals surface area contributed by atoms with Crippen molar-refractivity contribution in [1.29, 1.82) is 5.26 Å². The van der Waals surface area contributed by atoms with Crippen molar-refractivity contribution in [2.24, 2.45) is 0 Å². The molecule has 2 aromatic rings. The molecule has 0 radical (unpaired) electrons. The van der Waals surface area contributed by atoms with Gasteiger partial charge in [-0.3, -0.25) is 4.79 Å². The van der Waals surface area contributed by atoms with Crippen LogP contribution in [0.2, 0.25) is 0 Å². The monoisotopic (exact) mass is 311 g/mol. The number of rotatable bonds is 5. The van der Waals surface area contributed by atoms with E-state index in [1.807, 2.05) is 46.1 Å². The van der Waals surface area contributed by atoms with E-state index in [4.69, 9.17) is 0 Å². The van der Waals surface area contributed by atoms with E-state index >= 15 is 0 Å². The SMILES string of the molecule is Cc1ccc(C)c(-n2ccc(C#N)c2C(=O)NCC[NH+](C)C)c1. The van der Waals surface area contributed by atoms with E-state index in [0.717, 1.165) is 23.4 Å². The molecule has 2 N–H and O–H groups in total. The first-order valence-electron chi connectivity index (χ1n) is 7.70. The van der Waals surface area contributed by atoms with Crippen molar-refractivity contribution in [2.75, 3.05) is 27.2 Å². The van der Waals surface area contributed by atoms with Crippen LogP contribution in [0.1, 0.15) is 27.2 Å². The fraction of sp³-hybridized carbons (Fsp3) is 0.333. The normalized spacial score (nSPS) is 10.6. The maximum atomic E-state index is 12.6. The highest BCUT2D eigenvalue weighted by Crippen LogP contribution is 2.21. The molecule has 1 amide bonds. The van der Waals surface area contributed by atoms with E-state index in [-0.39, 0.29) is 5.91 Å². The minimum atomic E-state index is -0.214. The average molecular weight is 311 g/mol. The molecule has 0 fully saturated rings. The zero-order valence-corrected chi connectivity index (χ0v) is 14.1. The summed E-state index contributed by atoms with van der Waals surface area (Å²) in [6, 6.07) is 9.88. The van der Waals surface area contributed by atoms with E-state index < -0.39 is 0 Å². The zero-order valence-electron chi connectivity index (χ0n) is 14.1. The molecule has 1 aromatic heterocycles. The van der Waals surface area contributed by atoms with E-state index in [0.29, 0.717) is 17.8 Å². The second-order valence-corrected chi connectivity index (χ2v) is 6.06. The highest BCUT2D eigenvalue weighted by atomic mass is 16.1. The molecule has 0 unspecified atom stereocenters. The minimum Gasteiger partial charge on any atom is -0.345 e. The molecule has 0 aliphatic carbocycles. The van der Waals surface area contributed by atoms with Crippen molar-refractivity contribution in [3.63, 3.8) is 0 Å². The Morgan fingerprint density at radius 2 is 2.04 bits per heavy atom. The van der Waals surface area contributed by atoms with Gasteiger partial charge in [0.2, 0.25) is 0 Å². The standard InChI is InChI=1S/C18H22N4O/c1-13-5-6-14(2)16(11-13)22-9-7-15(12-19)17(22)18(23)20-8-10-21(3)4/h5-7,9,11H,8,10H2,1-4H3,(H,20,23)/p+1. The van der Waals surface area contributed by atoms with Crippen LogP contribution in [0, 0.1) is 25.2 Å². The number of amides is 1. The summed E-state index contributed by atoms with van der Waals surface area (Å²) >= 11 is 0. The van der Waals surface area contributed by atoms with Crippen molar-refractivity contribution >= 4 is 5.91 Å². The third-order valence-corrected chi connectivity index (χ3v) is 3.76. The van der Waals surface area contributed by atoms with E-state index in [2.05, 4.69) is 11.4 Å². The maximum absolute atomic E-state index is 12.6. The number of carbonyl (C=O) groups is 1. The molecule has 0 atom stereocenters. The number of carbonyl (C=O) groups excluding carboxylic acids is 1. The van der Waals surface area contributed by atoms with E-state index in [9.17, 15) is 10.1 Å². The molecule has 0 saturated heterocycles. The number of likely N-dealkylation sites (N-methyl/N-ethyl adjacent to an activating group) is 1. The first-order chi connectivity index (χ1) is 10.9. The van der Waals surface area contributed by atoms with Gasteiger partial charge in [0.15, 0.2) is 0 Å². The largest absolute Gasteiger partial charge is 0.345 e. The number of aryl methyl sites for hydroxylation is 2. The molecule has 1 heterocycles. The Hall–Kier alpha value is -2.58. The lowest BCUT2D eigenvalue weighted by atomic mass is 10.1. The number of hydrogen-bond donors (Lipinski definition) is 2. The Labute approximate surface area is 137 Å². The van der Waals surface area contributed by atoms with Gasteiger partial charge >= 0.3 is 0 Å². The fourth-order valence-electron chi connectivity index (χ4n) is 2.44. The lowest BCUT2D eigenvalue weighted by Crippen LogP contribution is -3.06. The summed E-state index contributed by atoms with van der Waals surface area (Å²) in [5.74, 6) is -0.214. The van der Waals surface area contributed by atoms with E-state index in [1.165, 1.54) is 4.90 Å². The van der Waals surface area contributed by atoms with Gasteiger partial charge in [-0.25, -0.2) is 0 Å². The first kappa shape index (κ1) is 16.8. The molecule has 1 aromatic carbocycles. The van der Waals surface area contributed by atoms with Crippen LogP contribution in [0.3, 0.4) is 0 Å². The first-order valence-corrected chi connectivity index (χ1v) is 7.70. The van der Waals surface area contributed by atoms with Gasteiger partial charge in [-0.1, -0.05) is 12.1 Å². The molecular weight excluding hydrogens is 288 g/mol. The summed E-state index contributed by atoms with van der Waals surface area (Å²) in [5, 5.41) is 12.2. The van der Waals surface area contributed by atoms with Crippen molar-refractivity contribution in [1.82, 2.24) is 9.88 Å². The molecule has 120 valence electrons. The molecule has 0 aliphatic rings. The Balaban J connectivity index is 2.39. The van der Waals surface area contributed by atoms with Crippen LogP contribution in [0.4, 0.5) is 0 Å². The van der Waals surface area contributed by atoms with Gasteiger partial charge in [0, 0.05) is 11.9 Å². The number of aromatic nitrogens is 1. The lowest BCUT2D eigenvalue weighted by molar-refractivity contribution is -0.856. The molecule has 2 rings (SSSR count). The Kier molecular flexibility index (Phi) is 5.20. The third-order valence-electron chi connectivity index (χ3n) is 3.76. The number of benzene rings is 1. The fourth-order valence-corrected chi connectivity index (χ4v) is 2.44. The van der Waals surface area contributed by atoms with Crippen LogP contribution >= 0.6 is 0 Å². The highest BCUT2D eigenvalue weighted by Gasteiger charge is 2.19. The number of quaternary nitrogens is 1. The summed E-state index contributed by atoms with van der Waals surface area (Å²) in [6.07, 6.45) is 1.78. The van der Waals surface area contributed by atoms with Gasteiger partial charge in [-0.15, -0.1) is 0 Å². The minimum absolute atomic E-state index is 0.214. The average Bonchev–Trinajstić information content (AvgIpc) is 2.93. The third kappa shape index (κ3) is 3.79. The van der Waals surface area contributed by atoms with E-state index in [1.54, 1.807) is 16.8 Å². The number of nitrogens with one attached hydrogen (secondary N) is 2. The zero-order chi connectivity index (χ0) is 17.0. The van der Waals surface area contributed by atoms with Crippen LogP contribution < -0.4 is 10.2 Å². The van der Waals surface area contributed by atoms with Crippen LogP contribution in [0.5, 0.6) is 0 Å². The van der Waals surface area contributed by atoms with Crippen LogP contribution in [0.25, 0.3) is 5.69 Å². The van der Waals surface area contributed by atoms with Crippen molar-refractivity contribution in [3.05, 3.63) is 52.8 Å². The highest BCUT2D eigenvalue weighted by molar-refractivity contribution is 5.96. The smallest absolute Gasteiger partial charge is 0.269 e. The Morgan fingerprint density at radius 3 is 2.70 bits per heavy atom. The topological polar surface area (TPSA) is 62.3 Å². The Bertz CT molecular complexity index is 753. The second-order valence-electron chi connectivity index (χ2n) is 6.06. The van der Waals surface area contributed by atoms with Gasteiger partial charge in [0.05, 0.1) is 32.7 Å². The van der Waals surface area contributed by atoms with Crippen molar-refractivity contribution < 1.29 is 9.69 Å². The Morgan fingerprint density at radius 1 is 1.30 bits per heavy atom. The number of hydrogen-bond acceptors (Lipinski definition) is 2. The van der Waals surface area contributed by atoms with Gasteiger partial charge in [0.1, 0.15) is 11.8 Å². The predicted octanol–water partition coefficient (Wildman–Crippen LogP) is 0.840.